The normalized spacial score (nSPS) is 37.8. The molecular weight excluding hydrogens is 191 g/mol. The van der Waals surface area contributed by atoms with Crippen LogP contribution in [-0.2, 0) is 5.60 Å². The number of halogens is 1. The Morgan fingerprint density at radius 2 is 2.00 bits per heavy atom. The molecule has 1 nitrogen and oxygen atoms in total. The van der Waals surface area contributed by atoms with Crippen molar-refractivity contribution in [3.8, 4) is 0 Å². The van der Waals surface area contributed by atoms with Crippen molar-refractivity contribution < 1.29 is 9.50 Å². The summed E-state index contributed by atoms with van der Waals surface area (Å²) in [6.45, 7) is 1.75. The Hall–Kier alpha value is -0.890. The zero-order valence-electron chi connectivity index (χ0n) is 8.83. The maximum atomic E-state index is 13.1. The van der Waals surface area contributed by atoms with Crippen molar-refractivity contribution in [2.24, 2.45) is 11.8 Å². The van der Waals surface area contributed by atoms with E-state index >= 15 is 0 Å². The number of hydrogen-bond acceptors (Lipinski definition) is 1. The predicted molar refractivity (Wildman–Crippen MR) is 55.9 cm³/mol. The van der Waals surface area contributed by atoms with Gasteiger partial charge >= 0.3 is 0 Å². The van der Waals surface area contributed by atoms with Crippen LogP contribution in [-0.4, -0.2) is 5.11 Å². The molecule has 15 heavy (non-hydrogen) atoms. The Morgan fingerprint density at radius 3 is 2.60 bits per heavy atom. The summed E-state index contributed by atoms with van der Waals surface area (Å²) in [5.74, 6) is 0.679. The van der Waals surface area contributed by atoms with E-state index in [1.54, 1.807) is 19.1 Å². The molecule has 0 aromatic heterocycles. The number of fused-ring (bicyclic) bond motifs is 1. The van der Waals surface area contributed by atoms with Crippen molar-refractivity contribution in [1.82, 2.24) is 0 Å². The van der Waals surface area contributed by atoms with E-state index in [1.165, 1.54) is 12.5 Å². The zero-order valence-corrected chi connectivity index (χ0v) is 8.83. The molecule has 1 aromatic carbocycles. The van der Waals surface area contributed by atoms with Crippen LogP contribution in [0.5, 0.6) is 0 Å². The zero-order chi connectivity index (χ0) is 10.6. The Balaban J connectivity index is 1.97. The average Bonchev–Trinajstić information content (AvgIpc) is 2.66. The summed E-state index contributed by atoms with van der Waals surface area (Å²) in [6.07, 6.45) is 3.48. The monoisotopic (exact) mass is 206 g/mol. The lowest BCUT2D eigenvalue weighted by atomic mass is 9.97. The molecule has 0 heterocycles. The van der Waals surface area contributed by atoms with Crippen LogP contribution in [0, 0.1) is 24.6 Å². The molecule has 80 valence electrons. The van der Waals surface area contributed by atoms with Crippen molar-refractivity contribution in [1.29, 1.82) is 0 Å². The van der Waals surface area contributed by atoms with Crippen LogP contribution < -0.4 is 0 Å². The molecule has 1 aromatic rings. The van der Waals surface area contributed by atoms with E-state index in [4.69, 9.17) is 0 Å². The number of hydrogen-bond donors (Lipinski definition) is 1. The fourth-order valence-electron chi connectivity index (χ4n) is 3.24. The molecule has 0 spiro atoms. The van der Waals surface area contributed by atoms with Gasteiger partial charge in [-0.2, -0.15) is 0 Å². The topological polar surface area (TPSA) is 20.2 Å². The highest BCUT2D eigenvalue weighted by atomic mass is 19.1. The first-order valence-corrected chi connectivity index (χ1v) is 5.63. The molecule has 0 saturated heterocycles. The predicted octanol–water partition coefficient (Wildman–Crippen LogP) is 2.75. The van der Waals surface area contributed by atoms with Gasteiger partial charge in [-0.15, -0.1) is 0 Å². The van der Waals surface area contributed by atoms with Gasteiger partial charge in [0.1, 0.15) is 5.82 Å². The van der Waals surface area contributed by atoms with Crippen molar-refractivity contribution in [3.63, 3.8) is 0 Å². The lowest BCUT2D eigenvalue weighted by Crippen LogP contribution is -2.13. The van der Waals surface area contributed by atoms with Gasteiger partial charge in [-0.1, -0.05) is 18.6 Å². The molecule has 2 aliphatic carbocycles. The molecule has 2 fully saturated rings. The molecular formula is C13H15FO. The highest BCUT2D eigenvalue weighted by Crippen LogP contribution is 2.66. The third kappa shape index (κ3) is 1.11. The summed E-state index contributed by atoms with van der Waals surface area (Å²) < 4.78 is 13.1. The van der Waals surface area contributed by atoms with Crippen LogP contribution in [0.1, 0.15) is 30.4 Å². The SMILES string of the molecule is Cc1cc(C2(O)C3CCCC32)ccc1F. The molecule has 2 unspecified atom stereocenters. The van der Waals surface area contributed by atoms with Crippen molar-refractivity contribution in [2.75, 3.05) is 0 Å². The molecule has 1 N–H and O–H groups in total. The van der Waals surface area contributed by atoms with Gasteiger partial charge < -0.3 is 5.11 Å². The smallest absolute Gasteiger partial charge is 0.126 e. The number of aliphatic hydroxyl groups is 1. The summed E-state index contributed by atoms with van der Waals surface area (Å²) in [4.78, 5) is 0. The summed E-state index contributed by atoms with van der Waals surface area (Å²) >= 11 is 0. The molecule has 2 saturated carbocycles. The quantitative estimate of drug-likeness (QED) is 0.749. The summed E-state index contributed by atoms with van der Waals surface area (Å²) in [7, 11) is 0. The maximum Gasteiger partial charge on any atom is 0.126 e. The second kappa shape index (κ2) is 2.82. The number of aryl methyl sites for hydroxylation is 1. The van der Waals surface area contributed by atoms with Crippen LogP contribution in [0.25, 0.3) is 0 Å². The van der Waals surface area contributed by atoms with E-state index in [2.05, 4.69) is 0 Å². The molecule has 0 radical (unpaired) electrons. The number of benzene rings is 1. The van der Waals surface area contributed by atoms with Crippen LogP contribution in [0.15, 0.2) is 18.2 Å². The van der Waals surface area contributed by atoms with Gasteiger partial charge in [0.2, 0.25) is 0 Å². The molecule has 0 amide bonds. The van der Waals surface area contributed by atoms with E-state index in [0.717, 1.165) is 18.4 Å². The lowest BCUT2D eigenvalue weighted by molar-refractivity contribution is 0.105. The third-order valence-corrected chi connectivity index (χ3v) is 4.16. The fourth-order valence-corrected chi connectivity index (χ4v) is 3.24. The Labute approximate surface area is 88.9 Å². The van der Waals surface area contributed by atoms with Gasteiger partial charge in [0, 0.05) is 0 Å². The molecule has 0 aliphatic heterocycles. The molecule has 2 atom stereocenters. The highest BCUT2D eigenvalue weighted by molar-refractivity contribution is 5.36. The van der Waals surface area contributed by atoms with Crippen LogP contribution in [0.4, 0.5) is 4.39 Å². The first-order valence-electron chi connectivity index (χ1n) is 5.63. The van der Waals surface area contributed by atoms with Crippen molar-refractivity contribution in [2.45, 2.75) is 31.8 Å². The largest absolute Gasteiger partial charge is 0.385 e. The van der Waals surface area contributed by atoms with Gasteiger partial charge in [-0.3, -0.25) is 0 Å². The highest BCUT2D eigenvalue weighted by Gasteiger charge is 2.66. The van der Waals surface area contributed by atoms with Crippen LogP contribution >= 0.6 is 0 Å². The standard InChI is InChI=1S/C13H15FO/c1-8-7-9(5-6-12(8)14)13(15)10-3-2-4-11(10)13/h5-7,10-11,15H,2-4H2,1H3. The summed E-state index contributed by atoms with van der Waals surface area (Å²) in [5, 5.41) is 10.5. The fraction of sp³-hybridized carbons (Fsp3) is 0.538. The van der Waals surface area contributed by atoms with Crippen molar-refractivity contribution >= 4 is 0 Å². The molecule has 2 aliphatic rings. The first-order chi connectivity index (χ1) is 7.14. The second-order valence-corrected chi connectivity index (χ2v) is 4.93. The lowest BCUT2D eigenvalue weighted by Gasteiger charge is -2.15. The van der Waals surface area contributed by atoms with Gasteiger partial charge in [-0.25, -0.2) is 4.39 Å². The average molecular weight is 206 g/mol. The Kier molecular flexibility index (Phi) is 1.76. The van der Waals surface area contributed by atoms with E-state index in [-0.39, 0.29) is 5.82 Å². The minimum atomic E-state index is -0.628. The third-order valence-electron chi connectivity index (χ3n) is 4.16. The van der Waals surface area contributed by atoms with E-state index in [9.17, 15) is 9.50 Å². The van der Waals surface area contributed by atoms with E-state index < -0.39 is 5.60 Å². The van der Waals surface area contributed by atoms with Crippen molar-refractivity contribution in [3.05, 3.63) is 35.1 Å². The first kappa shape index (κ1) is 9.34. The molecule has 0 bridgehead atoms. The summed E-state index contributed by atoms with van der Waals surface area (Å²) in [6, 6.07) is 5.00. The van der Waals surface area contributed by atoms with Gasteiger partial charge in [0.05, 0.1) is 5.60 Å². The van der Waals surface area contributed by atoms with Gasteiger partial charge in [0.15, 0.2) is 0 Å². The number of rotatable bonds is 1. The van der Waals surface area contributed by atoms with E-state index in [1.807, 2.05) is 0 Å². The Morgan fingerprint density at radius 1 is 1.33 bits per heavy atom. The van der Waals surface area contributed by atoms with Gasteiger partial charge in [-0.05, 0) is 48.8 Å². The second-order valence-electron chi connectivity index (χ2n) is 4.93. The Bertz CT molecular complexity index is 403. The van der Waals surface area contributed by atoms with Gasteiger partial charge in [0.25, 0.3) is 0 Å². The van der Waals surface area contributed by atoms with Crippen LogP contribution in [0.3, 0.4) is 0 Å². The molecule has 3 rings (SSSR count). The maximum absolute atomic E-state index is 13.1. The van der Waals surface area contributed by atoms with E-state index in [0.29, 0.717) is 17.4 Å². The summed E-state index contributed by atoms with van der Waals surface area (Å²) in [5.41, 5.74) is 0.915. The molecule has 2 heteroatoms. The minimum absolute atomic E-state index is 0.187. The minimum Gasteiger partial charge on any atom is -0.385 e. The van der Waals surface area contributed by atoms with Crippen LogP contribution in [0.2, 0.25) is 0 Å².